The average molecular weight is 296 g/mol. The summed E-state index contributed by atoms with van der Waals surface area (Å²) < 4.78 is 11.5. The lowest BCUT2D eigenvalue weighted by atomic mass is 10.0. The lowest BCUT2D eigenvalue weighted by molar-refractivity contribution is 0.405. The number of benzene rings is 1. The third-order valence-corrected chi connectivity index (χ3v) is 3.16. The summed E-state index contributed by atoms with van der Waals surface area (Å²) in [5.74, 6) is 0.855. The molecule has 0 aliphatic rings. The Morgan fingerprint density at radius 2 is 2.18 bits per heavy atom. The number of ether oxygens (including phenoxy) is 1. The average Bonchev–Trinajstić information content (AvgIpc) is 2.84. The van der Waals surface area contributed by atoms with E-state index in [9.17, 15) is 0 Å². The van der Waals surface area contributed by atoms with Gasteiger partial charge in [0.2, 0.25) is 0 Å². The van der Waals surface area contributed by atoms with Crippen molar-refractivity contribution in [2.75, 3.05) is 14.2 Å². The Bertz CT molecular complexity index is 482. The summed E-state index contributed by atoms with van der Waals surface area (Å²) in [5.41, 5.74) is 2.15. The second kappa shape index (κ2) is 5.38. The van der Waals surface area contributed by atoms with Gasteiger partial charge in [0.25, 0.3) is 0 Å². The molecule has 0 amide bonds. The summed E-state index contributed by atoms with van der Waals surface area (Å²) in [6.07, 6.45) is 3.41. The Balaban J connectivity index is 2.46. The molecular weight excluding hydrogens is 282 g/mol. The van der Waals surface area contributed by atoms with Crippen LogP contribution in [0.15, 0.2) is 45.7 Å². The zero-order valence-electron chi connectivity index (χ0n) is 9.74. The van der Waals surface area contributed by atoms with Crippen LogP contribution >= 0.6 is 15.9 Å². The van der Waals surface area contributed by atoms with Crippen LogP contribution in [-0.4, -0.2) is 14.2 Å². The van der Waals surface area contributed by atoms with Gasteiger partial charge in [-0.1, -0.05) is 15.9 Å². The summed E-state index contributed by atoms with van der Waals surface area (Å²) in [6.45, 7) is 0. The molecule has 1 aromatic carbocycles. The van der Waals surface area contributed by atoms with Crippen LogP contribution in [0.5, 0.6) is 5.75 Å². The van der Waals surface area contributed by atoms with Crippen molar-refractivity contribution in [2.45, 2.75) is 6.04 Å². The van der Waals surface area contributed by atoms with Crippen molar-refractivity contribution < 1.29 is 9.15 Å². The van der Waals surface area contributed by atoms with E-state index in [4.69, 9.17) is 9.15 Å². The second-order valence-electron chi connectivity index (χ2n) is 3.66. The number of nitrogens with one attached hydrogen (secondary N) is 1. The molecule has 1 aromatic heterocycles. The maximum Gasteiger partial charge on any atom is 0.124 e. The molecule has 0 saturated carbocycles. The molecule has 0 aliphatic heterocycles. The van der Waals surface area contributed by atoms with E-state index < -0.39 is 0 Å². The molecular formula is C13H14BrNO2. The van der Waals surface area contributed by atoms with Crippen LogP contribution < -0.4 is 10.1 Å². The number of furan rings is 1. The van der Waals surface area contributed by atoms with E-state index in [0.29, 0.717) is 0 Å². The van der Waals surface area contributed by atoms with Crippen molar-refractivity contribution in [1.29, 1.82) is 0 Å². The van der Waals surface area contributed by atoms with Gasteiger partial charge in [-0.25, -0.2) is 0 Å². The molecule has 1 atom stereocenters. The molecule has 2 aromatic rings. The van der Waals surface area contributed by atoms with E-state index in [2.05, 4.69) is 21.2 Å². The third kappa shape index (κ3) is 2.53. The molecule has 0 aliphatic carbocycles. The molecule has 3 nitrogen and oxygen atoms in total. The van der Waals surface area contributed by atoms with Crippen molar-refractivity contribution in [3.8, 4) is 5.75 Å². The van der Waals surface area contributed by atoms with E-state index in [-0.39, 0.29) is 6.04 Å². The SMILES string of the molecule is CNC(c1ccoc1)c1cc(Br)ccc1OC. The van der Waals surface area contributed by atoms with Gasteiger partial charge in [-0.2, -0.15) is 0 Å². The predicted octanol–water partition coefficient (Wildman–Crippen LogP) is 3.36. The van der Waals surface area contributed by atoms with E-state index in [1.54, 1.807) is 19.6 Å². The predicted molar refractivity (Wildman–Crippen MR) is 70.3 cm³/mol. The van der Waals surface area contributed by atoms with Crippen LogP contribution in [0.25, 0.3) is 0 Å². The topological polar surface area (TPSA) is 34.4 Å². The second-order valence-corrected chi connectivity index (χ2v) is 4.58. The Kier molecular flexibility index (Phi) is 3.86. The van der Waals surface area contributed by atoms with Gasteiger partial charge in [0, 0.05) is 15.6 Å². The van der Waals surface area contributed by atoms with Crippen LogP contribution in [0.4, 0.5) is 0 Å². The van der Waals surface area contributed by atoms with E-state index in [1.807, 2.05) is 31.3 Å². The maximum atomic E-state index is 5.39. The van der Waals surface area contributed by atoms with Gasteiger partial charge in [0.05, 0.1) is 25.7 Å². The molecule has 1 heterocycles. The molecule has 1 unspecified atom stereocenters. The zero-order valence-corrected chi connectivity index (χ0v) is 11.3. The Morgan fingerprint density at radius 1 is 1.35 bits per heavy atom. The number of halogens is 1. The number of hydrogen-bond acceptors (Lipinski definition) is 3. The Hall–Kier alpha value is -1.26. The van der Waals surface area contributed by atoms with Crippen molar-refractivity contribution in [3.63, 3.8) is 0 Å². The standard InChI is InChI=1S/C13H14BrNO2/c1-15-13(9-5-6-17-8-9)11-7-10(14)3-4-12(11)16-2/h3-8,13,15H,1-2H3. The highest BCUT2D eigenvalue weighted by atomic mass is 79.9. The zero-order chi connectivity index (χ0) is 12.3. The lowest BCUT2D eigenvalue weighted by Crippen LogP contribution is -2.17. The molecule has 0 bridgehead atoms. The number of hydrogen-bond donors (Lipinski definition) is 1. The van der Waals surface area contributed by atoms with E-state index >= 15 is 0 Å². The minimum Gasteiger partial charge on any atom is -0.496 e. The van der Waals surface area contributed by atoms with Gasteiger partial charge in [-0.15, -0.1) is 0 Å². The minimum absolute atomic E-state index is 0.0567. The van der Waals surface area contributed by atoms with Gasteiger partial charge in [-0.3, -0.25) is 0 Å². The summed E-state index contributed by atoms with van der Waals surface area (Å²) in [6, 6.07) is 7.96. The van der Waals surface area contributed by atoms with Crippen molar-refractivity contribution in [1.82, 2.24) is 5.32 Å². The monoisotopic (exact) mass is 295 g/mol. The van der Waals surface area contributed by atoms with Crippen LogP contribution in [0.1, 0.15) is 17.2 Å². The molecule has 0 fully saturated rings. The fourth-order valence-electron chi connectivity index (χ4n) is 1.87. The fourth-order valence-corrected chi connectivity index (χ4v) is 2.25. The number of methoxy groups -OCH3 is 1. The molecule has 90 valence electrons. The van der Waals surface area contributed by atoms with Crippen LogP contribution in [0.3, 0.4) is 0 Å². The van der Waals surface area contributed by atoms with Gasteiger partial charge in [-0.05, 0) is 31.3 Å². The first-order valence-electron chi connectivity index (χ1n) is 5.29. The quantitative estimate of drug-likeness (QED) is 0.939. The van der Waals surface area contributed by atoms with Crippen LogP contribution in [0.2, 0.25) is 0 Å². The highest BCUT2D eigenvalue weighted by molar-refractivity contribution is 9.10. The first kappa shape index (κ1) is 12.2. The fraction of sp³-hybridized carbons (Fsp3) is 0.231. The molecule has 0 radical (unpaired) electrons. The first-order chi connectivity index (χ1) is 8.26. The highest BCUT2D eigenvalue weighted by Gasteiger charge is 2.17. The highest BCUT2D eigenvalue weighted by Crippen LogP contribution is 2.32. The van der Waals surface area contributed by atoms with Crippen molar-refractivity contribution in [2.24, 2.45) is 0 Å². The van der Waals surface area contributed by atoms with Gasteiger partial charge < -0.3 is 14.5 Å². The maximum absolute atomic E-state index is 5.39. The molecule has 4 heteroatoms. The minimum atomic E-state index is 0.0567. The third-order valence-electron chi connectivity index (χ3n) is 2.67. The number of rotatable bonds is 4. The van der Waals surface area contributed by atoms with Crippen LogP contribution in [0, 0.1) is 0 Å². The molecule has 17 heavy (non-hydrogen) atoms. The first-order valence-corrected chi connectivity index (χ1v) is 6.08. The van der Waals surface area contributed by atoms with Gasteiger partial charge in [0.15, 0.2) is 0 Å². The van der Waals surface area contributed by atoms with E-state index in [0.717, 1.165) is 21.3 Å². The molecule has 0 saturated heterocycles. The van der Waals surface area contributed by atoms with Crippen molar-refractivity contribution >= 4 is 15.9 Å². The summed E-state index contributed by atoms with van der Waals surface area (Å²) in [5, 5.41) is 3.26. The Morgan fingerprint density at radius 3 is 2.76 bits per heavy atom. The lowest BCUT2D eigenvalue weighted by Gasteiger charge is -2.18. The smallest absolute Gasteiger partial charge is 0.124 e. The summed E-state index contributed by atoms with van der Waals surface area (Å²) >= 11 is 3.48. The van der Waals surface area contributed by atoms with Gasteiger partial charge in [0.1, 0.15) is 5.75 Å². The normalized spacial score (nSPS) is 12.4. The molecule has 2 rings (SSSR count). The van der Waals surface area contributed by atoms with Crippen molar-refractivity contribution in [3.05, 3.63) is 52.4 Å². The molecule has 0 spiro atoms. The molecule has 1 N–H and O–H groups in total. The largest absolute Gasteiger partial charge is 0.496 e. The van der Waals surface area contributed by atoms with Gasteiger partial charge >= 0.3 is 0 Å². The van der Waals surface area contributed by atoms with E-state index in [1.165, 1.54) is 0 Å². The Labute approximate surface area is 109 Å². The summed E-state index contributed by atoms with van der Waals surface area (Å²) in [7, 11) is 3.59. The van der Waals surface area contributed by atoms with Crippen LogP contribution in [-0.2, 0) is 0 Å². The summed E-state index contributed by atoms with van der Waals surface area (Å²) in [4.78, 5) is 0.